The Kier molecular flexibility index (Phi) is 6.19. The molecule has 0 aliphatic heterocycles. The van der Waals surface area contributed by atoms with Crippen LogP contribution in [0.25, 0.3) is 0 Å². The Bertz CT molecular complexity index is 99.0. The zero-order chi connectivity index (χ0) is 8.69. The zero-order valence-electron chi connectivity index (χ0n) is 8.14. The lowest BCUT2D eigenvalue weighted by molar-refractivity contribution is 0.408. The molecule has 0 saturated heterocycles. The monoisotopic (exact) mass is 155 g/mol. The first-order valence-corrected chi connectivity index (χ1v) is 4.72. The van der Waals surface area contributed by atoms with Gasteiger partial charge in [-0.1, -0.05) is 33.6 Å². The summed E-state index contributed by atoms with van der Waals surface area (Å²) in [5.41, 5.74) is 0. The van der Waals surface area contributed by atoms with E-state index in [4.69, 9.17) is 0 Å². The largest absolute Gasteiger partial charge is 0.297 e. The molecule has 0 rings (SSSR count). The fourth-order valence-electron chi connectivity index (χ4n) is 1.43. The molecule has 0 amide bonds. The van der Waals surface area contributed by atoms with Crippen molar-refractivity contribution >= 4 is 6.72 Å². The lowest BCUT2D eigenvalue weighted by Gasteiger charge is -2.17. The predicted molar refractivity (Wildman–Crippen MR) is 52.3 cm³/mol. The molecule has 0 aromatic carbocycles. The van der Waals surface area contributed by atoms with E-state index in [-0.39, 0.29) is 0 Å². The maximum absolute atomic E-state index is 4.11. The van der Waals surface area contributed by atoms with Crippen LogP contribution in [0.4, 0.5) is 0 Å². The summed E-state index contributed by atoms with van der Waals surface area (Å²) in [6, 6.07) is 0.488. The molecule has 11 heavy (non-hydrogen) atoms. The van der Waals surface area contributed by atoms with Gasteiger partial charge in [0.2, 0.25) is 0 Å². The molecule has 0 aromatic heterocycles. The molecular formula is C10H21N. The van der Waals surface area contributed by atoms with Crippen LogP contribution in [0.5, 0.6) is 0 Å². The summed E-state index contributed by atoms with van der Waals surface area (Å²) in [6.45, 7) is 10.3. The Morgan fingerprint density at radius 1 is 1.36 bits per heavy atom. The summed E-state index contributed by atoms with van der Waals surface area (Å²) in [5.74, 6) is 0.720. The van der Waals surface area contributed by atoms with E-state index in [0.29, 0.717) is 6.04 Å². The van der Waals surface area contributed by atoms with Crippen molar-refractivity contribution in [2.75, 3.05) is 0 Å². The van der Waals surface area contributed by atoms with Crippen molar-refractivity contribution in [2.45, 2.75) is 52.5 Å². The van der Waals surface area contributed by atoms with E-state index in [9.17, 15) is 0 Å². The molecule has 0 saturated carbocycles. The molecule has 0 aliphatic carbocycles. The summed E-state index contributed by atoms with van der Waals surface area (Å²) in [5, 5.41) is 0. The van der Waals surface area contributed by atoms with E-state index in [1.54, 1.807) is 0 Å². The first kappa shape index (κ1) is 10.7. The Hall–Kier alpha value is -0.330. The maximum atomic E-state index is 4.11. The first-order chi connectivity index (χ1) is 5.26. The summed E-state index contributed by atoms with van der Waals surface area (Å²) in [7, 11) is 0. The molecule has 0 bridgehead atoms. The van der Waals surface area contributed by atoms with E-state index in [1.807, 2.05) is 0 Å². The fourth-order valence-corrected chi connectivity index (χ4v) is 1.43. The lowest BCUT2D eigenvalue weighted by Crippen LogP contribution is -2.13. The highest BCUT2D eigenvalue weighted by Gasteiger charge is 2.11. The second kappa shape index (κ2) is 6.38. The van der Waals surface area contributed by atoms with Crippen molar-refractivity contribution in [2.24, 2.45) is 10.9 Å². The van der Waals surface area contributed by atoms with Gasteiger partial charge >= 0.3 is 0 Å². The zero-order valence-corrected chi connectivity index (χ0v) is 8.14. The molecule has 0 aromatic rings. The third-order valence-corrected chi connectivity index (χ3v) is 2.32. The van der Waals surface area contributed by atoms with Crippen LogP contribution in [-0.2, 0) is 0 Å². The normalized spacial score (nSPS) is 15.9. The standard InChI is InChI=1S/C10H21N/c1-5-7-8-9(3)10(6-2)11-4/h9-10H,4-8H2,1-3H3. The molecule has 0 N–H and O–H groups in total. The fraction of sp³-hybridized carbons (Fsp3) is 0.900. The van der Waals surface area contributed by atoms with Gasteiger partial charge in [-0.15, -0.1) is 0 Å². The number of nitrogens with zero attached hydrogens (tertiary/aromatic N) is 1. The number of hydrogen-bond acceptors (Lipinski definition) is 1. The number of rotatable bonds is 6. The molecule has 1 nitrogen and oxygen atoms in total. The molecule has 2 atom stereocenters. The highest BCUT2D eigenvalue weighted by molar-refractivity contribution is 5.24. The van der Waals surface area contributed by atoms with Crippen LogP contribution in [0.3, 0.4) is 0 Å². The lowest BCUT2D eigenvalue weighted by atomic mass is 9.95. The molecular weight excluding hydrogens is 134 g/mol. The second-order valence-electron chi connectivity index (χ2n) is 3.28. The molecule has 0 aliphatic rings. The average Bonchev–Trinajstić information content (AvgIpc) is 2.03. The summed E-state index contributed by atoms with van der Waals surface area (Å²) >= 11 is 0. The van der Waals surface area contributed by atoms with Gasteiger partial charge in [0.25, 0.3) is 0 Å². The highest BCUT2D eigenvalue weighted by Crippen LogP contribution is 2.16. The first-order valence-electron chi connectivity index (χ1n) is 4.72. The molecule has 1 heteroatoms. The topological polar surface area (TPSA) is 12.4 Å². The van der Waals surface area contributed by atoms with Gasteiger partial charge in [-0.2, -0.15) is 0 Å². The van der Waals surface area contributed by atoms with Crippen LogP contribution in [0, 0.1) is 5.92 Å². The molecule has 0 radical (unpaired) electrons. The van der Waals surface area contributed by atoms with E-state index < -0.39 is 0 Å². The van der Waals surface area contributed by atoms with Crippen LogP contribution in [0.2, 0.25) is 0 Å². The molecule has 66 valence electrons. The highest BCUT2D eigenvalue weighted by atomic mass is 14.7. The minimum absolute atomic E-state index is 0.488. The van der Waals surface area contributed by atoms with Crippen LogP contribution in [0.15, 0.2) is 4.99 Å². The molecule has 0 spiro atoms. The van der Waals surface area contributed by atoms with Gasteiger partial charge in [-0.05, 0) is 25.5 Å². The van der Waals surface area contributed by atoms with Crippen LogP contribution in [0.1, 0.15) is 46.5 Å². The smallest absolute Gasteiger partial charge is 0.0515 e. The summed E-state index contributed by atoms with van der Waals surface area (Å²) in [4.78, 5) is 4.11. The van der Waals surface area contributed by atoms with E-state index >= 15 is 0 Å². The van der Waals surface area contributed by atoms with Crippen molar-refractivity contribution in [1.29, 1.82) is 0 Å². The number of unbranched alkanes of at least 4 members (excludes halogenated alkanes) is 1. The van der Waals surface area contributed by atoms with Gasteiger partial charge in [0.15, 0.2) is 0 Å². The summed E-state index contributed by atoms with van der Waals surface area (Å²) < 4.78 is 0. The SMILES string of the molecule is C=NC(CC)C(C)CCCC. The van der Waals surface area contributed by atoms with Crippen molar-refractivity contribution in [3.63, 3.8) is 0 Å². The minimum Gasteiger partial charge on any atom is -0.297 e. The molecule has 0 fully saturated rings. The average molecular weight is 155 g/mol. The Morgan fingerprint density at radius 2 is 2.00 bits per heavy atom. The third kappa shape index (κ3) is 4.18. The number of hydrogen-bond donors (Lipinski definition) is 0. The van der Waals surface area contributed by atoms with Crippen molar-refractivity contribution in [3.8, 4) is 0 Å². The quantitative estimate of drug-likeness (QED) is 0.522. The Morgan fingerprint density at radius 3 is 2.36 bits per heavy atom. The number of aliphatic imine (C=N–C) groups is 1. The van der Waals surface area contributed by atoms with Gasteiger partial charge in [-0.3, -0.25) is 4.99 Å². The molecule has 2 unspecified atom stereocenters. The maximum Gasteiger partial charge on any atom is 0.0515 e. The van der Waals surface area contributed by atoms with E-state index in [0.717, 1.165) is 12.3 Å². The molecule has 0 heterocycles. The van der Waals surface area contributed by atoms with Gasteiger partial charge in [-0.25, -0.2) is 0 Å². The minimum atomic E-state index is 0.488. The van der Waals surface area contributed by atoms with Crippen LogP contribution in [-0.4, -0.2) is 12.8 Å². The predicted octanol–water partition coefficient (Wildman–Crippen LogP) is 3.29. The van der Waals surface area contributed by atoms with Crippen molar-refractivity contribution in [1.82, 2.24) is 0 Å². The van der Waals surface area contributed by atoms with Gasteiger partial charge in [0.1, 0.15) is 0 Å². The van der Waals surface area contributed by atoms with Crippen LogP contribution < -0.4 is 0 Å². The van der Waals surface area contributed by atoms with E-state index in [1.165, 1.54) is 19.3 Å². The van der Waals surface area contributed by atoms with Crippen LogP contribution >= 0.6 is 0 Å². The Balaban J connectivity index is 3.59. The Labute approximate surface area is 70.9 Å². The summed E-state index contributed by atoms with van der Waals surface area (Å²) in [6.07, 6.45) is 5.05. The van der Waals surface area contributed by atoms with Crippen molar-refractivity contribution in [3.05, 3.63) is 0 Å². The van der Waals surface area contributed by atoms with Gasteiger partial charge in [0.05, 0.1) is 6.04 Å². The van der Waals surface area contributed by atoms with E-state index in [2.05, 4.69) is 32.5 Å². The van der Waals surface area contributed by atoms with Gasteiger partial charge in [0, 0.05) is 0 Å². The third-order valence-electron chi connectivity index (χ3n) is 2.32. The van der Waals surface area contributed by atoms with Crippen molar-refractivity contribution < 1.29 is 0 Å². The second-order valence-corrected chi connectivity index (χ2v) is 3.28. The van der Waals surface area contributed by atoms with Gasteiger partial charge < -0.3 is 0 Å².